The Morgan fingerprint density at radius 1 is 1.33 bits per heavy atom. The number of nitrogens with zero attached hydrogens (tertiary/aromatic N) is 2. The summed E-state index contributed by atoms with van der Waals surface area (Å²) in [5.74, 6) is 0.763. The number of carbonyl (C=O) groups is 2. The first-order chi connectivity index (χ1) is 11.5. The number of benzene rings is 1. The summed E-state index contributed by atoms with van der Waals surface area (Å²) in [5.41, 5.74) is -0.0279. The molecule has 0 spiro atoms. The van der Waals surface area contributed by atoms with Gasteiger partial charge < -0.3 is 15.0 Å². The minimum atomic E-state index is -0.984. The maximum Gasteiger partial charge on any atom is 0.250 e. The maximum absolute atomic E-state index is 12.8. The summed E-state index contributed by atoms with van der Waals surface area (Å²) in [5, 5.41) is 2.91. The van der Waals surface area contributed by atoms with Crippen LogP contribution in [0.4, 0.5) is 0 Å². The van der Waals surface area contributed by atoms with Gasteiger partial charge in [0.05, 0.1) is 13.5 Å². The summed E-state index contributed by atoms with van der Waals surface area (Å²) in [7, 11) is 1.61. The van der Waals surface area contributed by atoms with Gasteiger partial charge in [-0.3, -0.25) is 9.59 Å². The lowest BCUT2D eigenvalue weighted by Crippen LogP contribution is -2.59. The van der Waals surface area contributed by atoms with Gasteiger partial charge in [-0.25, -0.2) is 0 Å². The molecule has 0 fully saturated rings. The molecule has 0 aliphatic carbocycles. The molecule has 1 unspecified atom stereocenters. The predicted molar refractivity (Wildman–Crippen MR) is 90.4 cm³/mol. The average Bonchev–Trinajstić information content (AvgIpc) is 2.60. The minimum absolute atomic E-state index is 0.0448. The monoisotopic (exact) mass is 325 g/mol. The largest absolute Gasteiger partial charge is 0.497 e. The maximum atomic E-state index is 12.8. The second-order valence-electron chi connectivity index (χ2n) is 5.92. The number of ether oxygens (including phenoxy) is 1. The Balaban J connectivity index is 1.73. The Morgan fingerprint density at radius 2 is 2.08 bits per heavy atom. The molecule has 2 aliphatic heterocycles. The molecule has 1 atom stereocenters. The molecule has 1 aromatic carbocycles. The van der Waals surface area contributed by atoms with Gasteiger partial charge in [0, 0.05) is 12.7 Å². The third kappa shape index (κ3) is 2.95. The van der Waals surface area contributed by atoms with Crippen molar-refractivity contribution in [2.45, 2.75) is 25.4 Å². The van der Waals surface area contributed by atoms with Crippen molar-refractivity contribution >= 4 is 17.6 Å². The molecule has 0 saturated carbocycles. The molecule has 1 N–H and O–H groups in total. The standard InChI is InChI=1S/C18H19N3O3/c1-18(11-16(22)20-15-5-3-4-10-21(15)18)17(23)19-12-13-6-8-14(24-2)9-7-13/h3-10H,11-12H2,1-2H3,(H,19,23). The third-order valence-corrected chi connectivity index (χ3v) is 4.21. The first-order valence-electron chi connectivity index (χ1n) is 7.70. The third-order valence-electron chi connectivity index (χ3n) is 4.21. The number of carbonyl (C=O) groups excluding carboxylic acids is 2. The lowest BCUT2D eigenvalue weighted by atomic mass is 9.91. The van der Waals surface area contributed by atoms with Crippen LogP contribution in [0.15, 0.2) is 53.7 Å². The fraction of sp³-hybridized carbons (Fsp3) is 0.278. The van der Waals surface area contributed by atoms with Gasteiger partial charge >= 0.3 is 0 Å². The number of amidine groups is 1. The highest BCUT2D eigenvalue weighted by molar-refractivity contribution is 6.09. The molecule has 0 bridgehead atoms. The number of fused-ring (bicyclic) bond motifs is 1. The second kappa shape index (κ2) is 6.31. The normalized spacial score (nSPS) is 22.0. The zero-order valence-corrected chi connectivity index (χ0v) is 13.7. The van der Waals surface area contributed by atoms with Gasteiger partial charge in [0.1, 0.15) is 17.1 Å². The molecule has 2 aliphatic rings. The molecule has 2 amide bonds. The molecule has 3 rings (SSSR count). The van der Waals surface area contributed by atoms with E-state index in [4.69, 9.17) is 4.74 Å². The number of amides is 2. The van der Waals surface area contributed by atoms with Crippen LogP contribution in [0.5, 0.6) is 5.75 Å². The number of aliphatic imine (C=N–C) groups is 1. The summed E-state index contributed by atoms with van der Waals surface area (Å²) in [6, 6.07) is 7.47. The van der Waals surface area contributed by atoms with Crippen LogP contribution in [-0.2, 0) is 16.1 Å². The van der Waals surface area contributed by atoms with E-state index in [2.05, 4.69) is 10.3 Å². The Labute approximate surface area is 140 Å². The van der Waals surface area contributed by atoms with E-state index in [0.29, 0.717) is 12.4 Å². The van der Waals surface area contributed by atoms with Crippen molar-refractivity contribution in [3.63, 3.8) is 0 Å². The van der Waals surface area contributed by atoms with E-state index < -0.39 is 5.54 Å². The average molecular weight is 325 g/mol. The molecule has 0 radical (unpaired) electrons. The van der Waals surface area contributed by atoms with Crippen molar-refractivity contribution in [3.8, 4) is 5.75 Å². The SMILES string of the molecule is COc1ccc(CNC(=O)C2(C)CC(=O)N=C3C=CC=CN32)cc1. The van der Waals surface area contributed by atoms with E-state index in [1.54, 1.807) is 37.3 Å². The number of nitrogens with one attached hydrogen (secondary N) is 1. The summed E-state index contributed by atoms with van der Waals surface area (Å²) < 4.78 is 5.12. The van der Waals surface area contributed by atoms with Crippen LogP contribution in [0.3, 0.4) is 0 Å². The summed E-state index contributed by atoms with van der Waals surface area (Å²) in [4.78, 5) is 30.4. The van der Waals surface area contributed by atoms with Crippen LogP contribution in [0.2, 0.25) is 0 Å². The summed E-state index contributed by atoms with van der Waals surface area (Å²) >= 11 is 0. The van der Waals surface area contributed by atoms with Crippen LogP contribution in [-0.4, -0.2) is 35.2 Å². The first-order valence-corrected chi connectivity index (χ1v) is 7.70. The van der Waals surface area contributed by atoms with Crippen LogP contribution < -0.4 is 10.1 Å². The lowest BCUT2D eigenvalue weighted by molar-refractivity contribution is -0.134. The van der Waals surface area contributed by atoms with Crippen molar-refractivity contribution < 1.29 is 14.3 Å². The molecule has 0 saturated heterocycles. The minimum Gasteiger partial charge on any atom is -0.497 e. The summed E-state index contributed by atoms with van der Waals surface area (Å²) in [6.07, 6.45) is 7.17. The molecule has 124 valence electrons. The fourth-order valence-electron chi connectivity index (χ4n) is 2.80. The molecular formula is C18H19N3O3. The van der Waals surface area contributed by atoms with Gasteiger partial charge in [-0.15, -0.1) is 0 Å². The topological polar surface area (TPSA) is 71.0 Å². The van der Waals surface area contributed by atoms with E-state index in [0.717, 1.165) is 11.3 Å². The molecule has 2 heterocycles. The Kier molecular flexibility index (Phi) is 4.20. The number of allylic oxidation sites excluding steroid dienone is 2. The Bertz CT molecular complexity index is 749. The molecule has 24 heavy (non-hydrogen) atoms. The number of hydrogen-bond donors (Lipinski definition) is 1. The van der Waals surface area contributed by atoms with Gasteiger partial charge in [-0.05, 0) is 36.8 Å². The van der Waals surface area contributed by atoms with Gasteiger partial charge in [-0.1, -0.05) is 18.2 Å². The molecule has 6 nitrogen and oxygen atoms in total. The van der Waals surface area contributed by atoms with Crippen LogP contribution >= 0.6 is 0 Å². The van der Waals surface area contributed by atoms with Crippen molar-refractivity contribution in [1.82, 2.24) is 10.2 Å². The molecule has 1 aromatic rings. The van der Waals surface area contributed by atoms with E-state index in [-0.39, 0.29) is 18.2 Å². The van der Waals surface area contributed by atoms with Crippen LogP contribution in [0, 0.1) is 0 Å². The lowest BCUT2D eigenvalue weighted by Gasteiger charge is -2.41. The number of hydrogen-bond acceptors (Lipinski definition) is 4. The second-order valence-corrected chi connectivity index (χ2v) is 5.92. The zero-order chi connectivity index (χ0) is 17.2. The number of methoxy groups -OCH3 is 1. The van der Waals surface area contributed by atoms with Crippen molar-refractivity contribution in [2.24, 2.45) is 4.99 Å². The smallest absolute Gasteiger partial charge is 0.250 e. The highest BCUT2D eigenvalue weighted by Gasteiger charge is 2.44. The first kappa shape index (κ1) is 16.0. The summed E-state index contributed by atoms with van der Waals surface area (Å²) in [6.45, 7) is 2.14. The highest BCUT2D eigenvalue weighted by atomic mass is 16.5. The fourth-order valence-corrected chi connectivity index (χ4v) is 2.80. The van der Waals surface area contributed by atoms with Gasteiger partial charge in [-0.2, -0.15) is 4.99 Å². The van der Waals surface area contributed by atoms with Crippen molar-refractivity contribution in [1.29, 1.82) is 0 Å². The zero-order valence-electron chi connectivity index (χ0n) is 13.7. The van der Waals surface area contributed by atoms with E-state index >= 15 is 0 Å². The van der Waals surface area contributed by atoms with E-state index in [1.165, 1.54) is 0 Å². The van der Waals surface area contributed by atoms with E-state index in [1.807, 2.05) is 30.3 Å². The van der Waals surface area contributed by atoms with Gasteiger partial charge in [0.2, 0.25) is 5.91 Å². The number of rotatable bonds is 4. The Hall–Kier alpha value is -2.89. The quantitative estimate of drug-likeness (QED) is 0.916. The molecule has 6 heteroatoms. The predicted octanol–water partition coefficient (Wildman–Crippen LogP) is 1.78. The van der Waals surface area contributed by atoms with Gasteiger partial charge in [0.15, 0.2) is 0 Å². The highest BCUT2D eigenvalue weighted by Crippen LogP contribution is 2.28. The van der Waals surface area contributed by atoms with Crippen molar-refractivity contribution in [2.75, 3.05) is 7.11 Å². The van der Waals surface area contributed by atoms with Crippen LogP contribution in [0.25, 0.3) is 0 Å². The molecule has 0 aromatic heterocycles. The molecular weight excluding hydrogens is 306 g/mol. The van der Waals surface area contributed by atoms with E-state index in [9.17, 15) is 9.59 Å². The Morgan fingerprint density at radius 3 is 2.79 bits per heavy atom. The van der Waals surface area contributed by atoms with Crippen LogP contribution in [0.1, 0.15) is 18.9 Å². The van der Waals surface area contributed by atoms with Crippen molar-refractivity contribution in [3.05, 3.63) is 54.3 Å². The van der Waals surface area contributed by atoms with Gasteiger partial charge in [0.25, 0.3) is 5.91 Å².